The molecular formula is C6H8Br2O4. The van der Waals surface area contributed by atoms with Crippen LogP contribution in [0.25, 0.3) is 0 Å². The molecule has 0 unspecified atom stereocenters. The number of cyclic esters (lactones) is 1. The fourth-order valence-electron chi connectivity index (χ4n) is 0.969. The molecule has 0 bridgehead atoms. The summed E-state index contributed by atoms with van der Waals surface area (Å²) >= 11 is 5.98. The van der Waals surface area contributed by atoms with Gasteiger partial charge in [0.1, 0.15) is 17.0 Å². The number of carbonyl (C=O) groups excluding carboxylic acids is 1. The van der Waals surface area contributed by atoms with Crippen molar-refractivity contribution in [3.63, 3.8) is 0 Å². The van der Waals surface area contributed by atoms with Crippen LogP contribution in [0.4, 0.5) is 0 Å². The Bertz CT molecular complexity index is 186. The number of aliphatic hydroxyl groups excluding tert-OH is 2. The van der Waals surface area contributed by atoms with Crippen LogP contribution in [0.1, 0.15) is 0 Å². The highest BCUT2D eigenvalue weighted by Gasteiger charge is 2.45. The fraction of sp³-hybridized carbons (Fsp3) is 0.833. The second-order valence-corrected chi connectivity index (χ2v) is 4.15. The van der Waals surface area contributed by atoms with Crippen molar-refractivity contribution in [2.45, 2.75) is 23.1 Å². The minimum Gasteiger partial charge on any atom is -0.456 e. The van der Waals surface area contributed by atoms with E-state index in [4.69, 9.17) is 4.74 Å². The van der Waals surface area contributed by atoms with Crippen LogP contribution in [0.2, 0.25) is 0 Å². The summed E-state index contributed by atoms with van der Waals surface area (Å²) in [6.45, 7) is 0. The topological polar surface area (TPSA) is 66.8 Å². The van der Waals surface area contributed by atoms with Crippen LogP contribution < -0.4 is 0 Å². The number of alkyl halides is 2. The average Bonchev–Trinajstić information content (AvgIpc) is 2.32. The van der Waals surface area contributed by atoms with Crippen molar-refractivity contribution in [2.75, 3.05) is 5.33 Å². The van der Waals surface area contributed by atoms with Crippen LogP contribution in [-0.4, -0.2) is 44.7 Å². The highest BCUT2D eigenvalue weighted by Crippen LogP contribution is 2.24. The zero-order chi connectivity index (χ0) is 9.30. The van der Waals surface area contributed by atoms with Gasteiger partial charge in [0.15, 0.2) is 6.10 Å². The maximum absolute atomic E-state index is 10.9. The van der Waals surface area contributed by atoms with Crippen LogP contribution in [0.15, 0.2) is 0 Å². The monoisotopic (exact) mass is 302 g/mol. The lowest BCUT2D eigenvalue weighted by Gasteiger charge is -2.17. The molecule has 0 aromatic heterocycles. The molecule has 0 radical (unpaired) electrons. The van der Waals surface area contributed by atoms with Crippen LogP contribution in [-0.2, 0) is 9.53 Å². The smallest absolute Gasteiger partial charge is 0.323 e. The highest BCUT2D eigenvalue weighted by atomic mass is 79.9. The van der Waals surface area contributed by atoms with Crippen molar-refractivity contribution in [2.24, 2.45) is 0 Å². The molecule has 6 heteroatoms. The number of ether oxygens (including phenoxy) is 1. The molecule has 0 saturated carbocycles. The first-order valence-corrected chi connectivity index (χ1v) is 5.38. The van der Waals surface area contributed by atoms with Gasteiger partial charge in [0, 0.05) is 5.33 Å². The highest BCUT2D eigenvalue weighted by molar-refractivity contribution is 9.10. The summed E-state index contributed by atoms with van der Waals surface area (Å²) in [7, 11) is 0. The second kappa shape index (κ2) is 4.04. The van der Waals surface area contributed by atoms with Gasteiger partial charge in [0.25, 0.3) is 0 Å². The lowest BCUT2D eigenvalue weighted by atomic mass is 10.1. The molecule has 0 amide bonds. The molecule has 1 aliphatic heterocycles. The maximum atomic E-state index is 10.9. The molecule has 1 heterocycles. The molecule has 4 atom stereocenters. The van der Waals surface area contributed by atoms with Gasteiger partial charge >= 0.3 is 5.97 Å². The van der Waals surface area contributed by atoms with Crippen molar-refractivity contribution in [3.8, 4) is 0 Å². The minimum absolute atomic E-state index is 0.266. The van der Waals surface area contributed by atoms with Crippen molar-refractivity contribution in [3.05, 3.63) is 0 Å². The SMILES string of the molecule is O=C1O[C@H]([C@@H](O)CBr)[C@H](O)[C@H]1Br. The van der Waals surface area contributed by atoms with Crippen LogP contribution in [0.3, 0.4) is 0 Å². The van der Waals surface area contributed by atoms with Gasteiger partial charge in [0.2, 0.25) is 0 Å². The van der Waals surface area contributed by atoms with E-state index in [9.17, 15) is 15.0 Å². The standard InChI is InChI=1S/C6H8Br2O4/c7-1-2(9)5-4(10)3(8)6(11)12-5/h2-5,9-10H,1H2/t2-,3+,4+,5+/m0/s1. The summed E-state index contributed by atoms with van der Waals surface area (Å²) < 4.78 is 4.72. The molecule has 1 aliphatic rings. The van der Waals surface area contributed by atoms with Gasteiger partial charge in [-0.2, -0.15) is 0 Å². The van der Waals surface area contributed by atoms with Crippen molar-refractivity contribution >= 4 is 37.8 Å². The Morgan fingerprint density at radius 2 is 2.25 bits per heavy atom. The zero-order valence-electron chi connectivity index (χ0n) is 5.98. The van der Waals surface area contributed by atoms with E-state index < -0.39 is 29.1 Å². The van der Waals surface area contributed by atoms with Gasteiger partial charge in [-0.05, 0) is 0 Å². The lowest BCUT2D eigenvalue weighted by Crippen LogP contribution is -2.37. The third-order valence-electron chi connectivity index (χ3n) is 1.65. The Labute approximate surface area is 86.2 Å². The van der Waals surface area contributed by atoms with Gasteiger partial charge in [-0.15, -0.1) is 0 Å². The molecule has 0 aromatic carbocycles. The molecule has 12 heavy (non-hydrogen) atoms. The normalized spacial score (nSPS) is 38.0. The Morgan fingerprint density at radius 1 is 1.67 bits per heavy atom. The predicted molar refractivity (Wildman–Crippen MR) is 48.4 cm³/mol. The number of rotatable bonds is 2. The summed E-state index contributed by atoms with van der Waals surface area (Å²) in [5, 5.41) is 18.9. The summed E-state index contributed by atoms with van der Waals surface area (Å²) in [4.78, 5) is 10.1. The van der Waals surface area contributed by atoms with Crippen molar-refractivity contribution in [1.82, 2.24) is 0 Å². The molecular weight excluding hydrogens is 296 g/mol. The molecule has 70 valence electrons. The van der Waals surface area contributed by atoms with E-state index >= 15 is 0 Å². The van der Waals surface area contributed by atoms with Gasteiger partial charge in [0.05, 0.1) is 0 Å². The third-order valence-corrected chi connectivity index (χ3v) is 3.23. The quantitative estimate of drug-likeness (QED) is 0.547. The van der Waals surface area contributed by atoms with E-state index in [-0.39, 0.29) is 5.33 Å². The molecule has 1 rings (SSSR count). The van der Waals surface area contributed by atoms with Crippen LogP contribution in [0, 0.1) is 0 Å². The molecule has 4 nitrogen and oxygen atoms in total. The lowest BCUT2D eigenvalue weighted by molar-refractivity contribution is -0.145. The molecule has 0 aliphatic carbocycles. The van der Waals surface area contributed by atoms with E-state index in [1.807, 2.05) is 0 Å². The Kier molecular flexibility index (Phi) is 3.51. The average molecular weight is 304 g/mol. The Balaban J connectivity index is 2.64. The summed E-state index contributed by atoms with van der Waals surface area (Å²) in [5.74, 6) is -0.535. The van der Waals surface area contributed by atoms with Crippen molar-refractivity contribution in [1.29, 1.82) is 0 Å². The fourth-order valence-corrected chi connectivity index (χ4v) is 1.75. The van der Waals surface area contributed by atoms with Gasteiger partial charge in [-0.25, -0.2) is 0 Å². The molecule has 2 N–H and O–H groups in total. The number of halogens is 2. The molecule has 1 saturated heterocycles. The summed E-state index contributed by atoms with van der Waals surface area (Å²) in [6, 6.07) is 0. The van der Waals surface area contributed by atoms with E-state index in [0.717, 1.165) is 0 Å². The number of carbonyl (C=O) groups is 1. The minimum atomic E-state index is -0.981. The summed E-state index contributed by atoms with van der Waals surface area (Å²) in [6.07, 6.45) is -2.68. The van der Waals surface area contributed by atoms with E-state index in [0.29, 0.717) is 0 Å². The first kappa shape index (κ1) is 10.4. The van der Waals surface area contributed by atoms with E-state index in [1.54, 1.807) is 0 Å². The second-order valence-electron chi connectivity index (χ2n) is 2.52. The maximum Gasteiger partial charge on any atom is 0.323 e. The third kappa shape index (κ3) is 1.81. The van der Waals surface area contributed by atoms with Gasteiger partial charge in [-0.3, -0.25) is 4.79 Å². The van der Waals surface area contributed by atoms with Gasteiger partial charge in [-0.1, -0.05) is 31.9 Å². The van der Waals surface area contributed by atoms with E-state index in [2.05, 4.69) is 31.9 Å². The zero-order valence-corrected chi connectivity index (χ0v) is 9.16. The number of hydrogen-bond donors (Lipinski definition) is 2. The molecule has 0 spiro atoms. The number of hydrogen-bond acceptors (Lipinski definition) is 4. The predicted octanol–water partition coefficient (Wildman–Crippen LogP) is -0.208. The summed E-state index contributed by atoms with van der Waals surface area (Å²) in [5.41, 5.74) is 0. The number of esters is 1. The largest absolute Gasteiger partial charge is 0.456 e. The molecule has 1 fully saturated rings. The molecule has 0 aromatic rings. The van der Waals surface area contributed by atoms with Crippen molar-refractivity contribution < 1.29 is 19.7 Å². The number of aliphatic hydroxyl groups is 2. The van der Waals surface area contributed by atoms with Crippen LogP contribution >= 0.6 is 31.9 Å². The van der Waals surface area contributed by atoms with Gasteiger partial charge < -0.3 is 14.9 Å². The Hall–Kier alpha value is 0.350. The first-order valence-electron chi connectivity index (χ1n) is 3.34. The van der Waals surface area contributed by atoms with Crippen LogP contribution in [0.5, 0.6) is 0 Å². The first-order chi connectivity index (χ1) is 5.57. The van der Waals surface area contributed by atoms with E-state index in [1.165, 1.54) is 0 Å². The Morgan fingerprint density at radius 3 is 2.58 bits per heavy atom.